The van der Waals surface area contributed by atoms with Gasteiger partial charge in [0.05, 0.1) is 10.5 Å². The lowest BCUT2D eigenvalue weighted by molar-refractivity contribution is -0.137. The molecule has 0 bridgehead atoms. The maximum absolute atomic E-state index is 12.9. The summed E-state index contributed by atoms with van der Waals surface area (Å²) in [7, 11) is -3.96. The number of hydrogen-bond donors (Lipinski definition) is 0. The number of nitrogens with zero attached hydrogens (tertiary/aromatic N) is 2. The van der Waals surface area contributed by atoms with Gasteiger partial charge in [-0.25, -0.2) is 8.42 Å². The molecule has 1 heterocycles. The third kappa shape index (κ3) is 3.96. The van der Waals surface area contributed by atoms with Crippen LogP contribution in [0.4, 0.5) is 18.9 Å². The standard InChI is InChI=1S/C19H21F3N2O2S/c1-14-5-3-8-18(15(14)2)23-9-11-24(12-10-23)27(25,26)17-7-4-6-16(13-17)19(20,21)22/h3-8,13H,9-12H2,1-2H3. The second-order valence-corrected chi connectivity index (χ2v) is 8.57. The molecule has 1 aliphatic heterocycles. The maximum Gasteiger partial charge on any atom is 0.416 e. The highest BCUT2D eigenvalue weighted by Crippen LogP contribution is 2.31. The molecule has 2 aromatic rings. The van der Waals surface area contributed by atoms with Crippen LogP contribution in [0.5, 0.6) is 0 Å². The van der Waals surface area contributed by atoms with E-state index in [1.807, 2.05) is 32.0 Å². The zero-order chi connectivity index (χ0) is 19.8. The largest absolute Gasteiger partial charge is 0.416 e. The topological polar surface area (TPSA) is 40.6 Å². The van der Waals surface area contributed by atoms with Crippen molar-refractivity contribution in [2.45, 2.75) is 24.9 Å². The monoisotopic (exact) mass is 398 g/mol. The molecule has 0 saturated carbocycles. The molecular formula is C19H21F3N2O2S. The Bertz CT molecular complexity index is 934. The Morgan fingerprint density at radius 2 is 1.56 bits per heavy atom. The Kier molecular flexibility index (Phi) is 5.22. The number of hydrogen-bond acceptors (Lipinski definition) is 3. The Morgan fingerprint density at radius 3 is 2.19 bits per heavy atom. The zero-order valence-corrected chi connectivity index (χ0v) is 15.9. The highest BCUT2D eigenvalue weighted by atomic mass is 32.2. The molecule has 146 valence electrons. The van der Waals surface area contributed by atoms with Crippen LogP contribution in [0.3, 0.4) is 0 Å². The number of halogens is 3. The van der Waals surface area contributed by atoms with Gasteiger partial charge in [0.25, 0.3) is 0 Å². The Hall–Kier alpha value is -2.06. The summed E-state index contributed by atoms with van der Waals surface area (Å²) in [5, 5.41) is 0. The fourth-order valence-corrected chi connectivity index (χ4v) is 4.70. The van der Waals surface area contributed by atoms with Crippen molar-refractivity contribution in [1.82, 2.24) is 4.31 Å². The molecule has 0 unspecified atom stereocenters. The lowest BCUT2D eigenvalue weighted by atomic mass is 10.1. The zero-order valence-electron chi connectivity index (χ0n) is 15.1. The summed E-state index contributed by atoms with van der Waals surface area (Å²) in [6.07, 6.45) is -4.58. The lowest BCUT2D eigenvalue weighted by Crippen LogP contribution is -2.48. The van der Waals surface area contributed by atoms with Crippen molar-refractivity contribution >= 4 is 15.7 Å². The van der Waals surface area contributed by atoms with E-state index in [-0.39, 0.29) is 18.0 Å². The molecule has 0 radical (unpaired) electrons. The van der Waals surface area contributed by atoms with Crippen LogP contribution in [-0.2, 0) is 16.2 Å². The smallest absolute Gasteiger partial charge is 0.369 e. The number of benzene rings is 2. The normalized spacial score (nSPS) is 16.6. The quantitative estimate of drug-likeness (QED) is 0.789. The van der Waals surface area contributed by atoms with Crippen LogP contribution in [-0.4, -0.2) is 38.9 Å². The second-order valence-electron chi connectivity index (χ2n) is 6.64. The van der Waals surface area contributed by atoms with Crippen LogP contribution in [0.15, 0.2) is 47.4 Å². The molecule has 8 heteroatoms. The van der Waals surface area contributed by atoms with E-state index in [0.29, 0.717) is 19.2 Å². The fourth-order valence-electron chi connectivity index (χ4n) is 3.23. The van der Waals surface area contributed by atoms with E-state index >= 15 is 0 Å². The van der Waals surface area contributed by atoms with Gasteiger partial charge in [0.1, 0.15) is 0 Å². The molecule has 1 saturated heterocycles. The summed E-state index contributed by atoms with van der Waals surface area (Å²) in [5.74, 6) is 0. The van der Waals surface area contributed by atoms with Gasteiger partial charge in [0.15, 0.2) is 0 Å². The van der Waals surface area contributed by atoms with E-state index in [1.165, 1.54) is 10.4 Å². The summed E-state index contributed by atoms with van der Waals surface area (Å²) >= 11 is 0. The van der Waals surface area contributed by atoms with Crippen molar-refractivity contribution in [1.29, 1.82) is 0 Å². The minimum absolute atomic E-state index is 0.228. The van der Waals surface area contributed by atoms with Gasteiger partial charge in [-0.3, -0.25) is 0 Å². The predicted molar refractivity (Wildman–Crippen MR) is 98.3 cm³/mol. The number of piperazine rings is 1. The fraction of sp³-hybridized carbons (Fsp3) is 0.368. The van der Waals surface area contributed by atoms with Gasteiger partial charge in [-0.15, -0.1) is 0 Å². The molecule has 1 aliphatic rings. The minimum Gasteiger partial charge on any atom is -0.369 e. The Labute approximate surface area is 157 Å². The number of sulfonamides is 1. The molecule has 27 heavy (non-hydrogen) atoms. The van der Waals surface area contributed by atoms with E-state index in [1.54, 1.807) is 0 Å². The maximum atomic E-state index is 12.9. The van der Waals surface area contributed by atoms with E-state index < -0.39 is 21.8 Å². The molecule has 1 fully saturated rings. The van der Waals surface area contributed by atoms with Crippen molar-refractivity contribution < 1.29 is 21.6 Å². The third-order valence-corrected chi connectivity index (χ3v) is 6.85. The Morgan fingerprint density at radius 1 is 0.926 bits per heavy atom. The van der Waals surface area contributed by atoms with Gasteiger partial charge >= 0.3 is 6.18 Å². The molecule has 0 amide bonds. The van der Waals surface area contributed by atoms with Crippen molar-refractivity contribution in [3.05, 3.63) is 59.2 Å². The van der Waals surface area contributed by atoms with Crippen LogP contribution in [0.25, 0.3) is 0 Å². The number of aryl methyl sites for hydroxylation is 1. The number of rotatable bonds is 3. The molecule has 0 spiro atoms. The van der Waals surface area contributed by atoms with Gasteiger partial charge in [0, 0.05) is 31.9 Å². The van der Waals surface area contributed by atoms with E-state index in [9.17, 15) is 21.6 Å². The molecule has 4 nitrogen and oxygen atoms in total. The minimum atomic E-state index is -4.58. The first-order valence-corrected chi connectivity index (χ1v) is 10.0. The second kappa shape index (κ2) is 7.16. The van der Waals surface area contributed by atoms with E-state index in [2.05, 4.69) is 4.90 Å². The van der Waals surface area contributed by atoms with Crippen LogP contribution >= 0.6 is 0 Å². The summed E-state index contributed by atoms with van der Waals surface area (Å²) in [6.45, 7) is 5.48. The van der Waals surface area contributed by atoms with Crippen LogP contribution in [0, 0.1) is 13.8 Å². The first-order valence-electron chi connectivity index (χ1n) is 8.59. The van der Waals surface area contributed by atoms with Gasteiger partial charge < -0.3 is 4.90 Å². The molecular weight excluding hydrogens is 377 g/mol. The third-order valence-electron chi connectivity index (χ3n) is 4.95. The van der Waals surface area contributed by atoms with Crippen LogP contribution in [0.1, 0.15) is 16.7 Å². The van der Waals surface area contributed by atoms with Gasteiger partial charge in [0.2, 0.25) is 10.0 Å². The van der Waals surface area contributed by atoms with Crippen molar-refractivity contribution in [3.8, 4) is 0 Å². The summed E-state index contributed by atoms with van der Waals surface area (Å²) in [6, 6.07) is 9.89. The molecule has 0 atom stereocenters. The Balaban J connectivity index is 1.78. The molecule has 2 aromatic carbocycles. The summed E-state index contributed by atoms with van der Waals surface area (Å²) < 4.78 is 65.5. The van der Waals surface area contributed by atoms with Crippen molar-refractivity contribution in [2.24, 2.45) is 0 Å². The van der Waals surface area contributed by atoms with E-state index in [0.717, 1.165) is 28.9 Å². The highest BCUT2D eigenvalue weighted by molar-refractivity contribution is 7.89. The average molecular weight is 398 g/mol. The first-order chi connectivity index (χ1) is 12.6. The predicted octanol–water partition coefficient (Wildman–Crippen LogP) is 3.83. The summed E-state index contributed by atoms with van der Waals surface area (Å²) in [4.78, 5) is 1.79. The van der Waals surface area contributed by atoms with Crippen molar-refractivity contribution in [2.75, 3.05) is 31.1 Å². The van der Waals surface area contributed by atoms with Gasteiger partial charge in [-0.05, 0) is 49.2 Å². The van der Waals surface area contributed by atoms with Crippen molar-refractivity contribution in [3.63, 3.8) is 0 Å². The summed E-state index contributed by atoms with van der Waals surface area (Å²) in [5.41, 5.74) is 2.40. The van der Waals surface area contributed by atoms with E-state index in [4.69, 9.17) is 0 Å². The number of anilines is 1. The highest BCUT2D eigenvalue weighted by Gasteiger charge is 2.34. The molecule has 0 N–H and O–H groups in total. The lowest BCUT2D eigenvalue weighted by Gasteiger charge is -2.36. The molecule has 0 aromatic heterocycles. The number of alkyl halides is 3. The SMILES string of the molecule is Cc1cccc(N2CCN(S(=O)(=O)c3cccc(C(F)(F)F)c3)CC2)c1C. The van der Waals surface area contributed by atoms with Gasteiger partial charge in [-0.2, -0.15) is 17.5 Å². The molecule has 3 rings (SSSR count). The average Bonchev–Trinajstić information content (AvgIpc) is 2.63. The molecule has 0 aliphatic carbocycles. The van der Waals surface area contributed by atoms with Crippen LogP contribution < -0.4 is 4.90 Å². The van der Waals surface area contributed by atoms with Gasteiger partial charge in [-0.1, -0.05) is 18.2 Å². The van der Waals surface area contributed by atoms with Crippen LogP contribution in [0.2, 0.25) is 0 Å². The first kappa shape index (κ1) is 19.7.